The molecule has 6 heteroatoms. The van der Waals surface area contributed by atoms with Gasteiger partial charge in [-0.25, -0.2) is 4.98 Å². The predicted octanol–water partition coefficient (Wildman–Crippen LogP) is 1.59. The van der Waals surface area contributed by atoms with Gasteiger partial charge in [0.2, 0.25) is 0 Å². The van der Waals surface area contributed by atoms with Crippen LogP contribution in [0.1, 0.15) is 15.5 Å². The Labute approximate surface area is 101 Å². The number of aryl methyl sites for hydroxylation is 1. The Morgan fingerprint density at radius 2 is 2.53 bits per heavy atom. The fourth-order valence-corrected chi connectivity index (χ4v) is 2.02. The van der Waals surface area contributed by atoms with Crippen molar-refractivity contribution in [1.29, 1.82) is 0 Å². The maximum atomic E-state index is 11.5. The molecule has 0 saturated carbocycles. The van der Waals surface area contributed by atoms with Crippen molar-refractivity contribution in [2.45, 2.75) is 11.8 Å². The van der Waals surface area contributed by atoms with E-state index in [-0.39, 0.29) is 10.7 Å². The van der Waals surface area contributed by atoms with E-state index in [0.717, 1.165) is 5.01 Å². The van der Waals surface area contributed by atoms with E-state index in [1.807, 2.05) is 6.92 Å². The standard InChI is InChI=1S/C9H13BrN2O2S/c1-6-12-8(5-15-6)9(13)11-3-7(10)4-14-2/h5,7H,3-4H2,1-2H3,(H,11,13). The number of alkyl halides is 1. The van der Waals surface area contributed by atoms with Crippen molar-refractivity contribution in [3.05, 3.63) is 16.1 Å². The molecule has 0 aliphatic carbocycles. The minimum atomic E-state index is -0.139. The summed E-state index contributed by atoms with van der Waals surface area (Å²) >= 11 is 4.86. The van der Waals surface area contributed by atoms with Crippen LogP contribution < -0.4 is 5.32 Å². The summed E-state index contributed by atoms with van der Waals surface area (Å²) in [6.45, 7) is 2.97. The molecule has 1 aromatic heterocycles. The van der Waals surface area contributed by atoms with Crippen LogP contribution in [0.3, 0.4) is 0 Å². The summed E-state index contributed by atoms with van der Waals surface area (Å²) in [5.74, 6) is -0.139. The number of hydrogen-bond acceptors (Lipinski definition) is 4. The zero-order valence-electron chi connectivity index (χ0n) is 8.62. The molecule has 1 N–H and O–H groups in total. The molecule has 0 radical (unpaired) electrons. The van der Waals surface area contributed by atoms with E-state index < -0.39 is 0 Å². The molecule has 84 valence electrons. The Morgan fingerprint density at radius 1 is 1.80 bits per heavy atom. The van der Waals surface area contributed by atoms with Crippen LogP contribution in [0.4, 0.5) is 0 Å². The van der Waals surface area contributed by atoms with Crippen molar-refractivity contribution in [2.75, 3.05) is 20.3 Å². The SMILES string of the molecule is COCC(Br)CNC(=O)c1csc(C)n1. The quantitative estimate of drug-likeness (QED) is 0.839. The van der Waals surface area contributed by atoms with Crippen LogP contribution in [-0.4, -0.2) is 36.0 Å². The lowest BCUT2D eigenvalue weighted by Gasteiger charge is -2.08. The van der Waals surface area contributed by atoms with Crippen LogP contribution in [0, 0.1) is 6.92 Å². The van der Waals surface area contributed by atoms with Gasteiger partial charge in [0.05, 0.1) is 16.4 Å². The van der Waals surface area contributed by atoms with Gasteiger partial charge in [0.15, 0.2) is 0 Å². The second-order valence-corrected chi connectivity index (χ2v) is 5.37. The molecule has 1 atom stereocenters. The molecule has 1 aromatic rings. The third kappa shape index (κ3) is 4.27. The number of rotatable bonds is 5. The normalized spacial score (nSPS) is 12.5. The summed E-state index contributed by atoms with van der Waals surface area (Å²) < 4.78 is 4.93. The number of thiazole rings is 1. The highest BCUT2D eigenvalue weighted by Gasteiger charge is 2.10. The van der Waals surface area contributed by atoms with Gasteiger partial charge in [0.1, 0.15) is 5.69 Å². The molecule has 0 bridgehead atoms. The number of methoxy groups -OCH3 is 1. The van der Waals surface area contributed by atoms with Crippen LogP contribution in [0.15, 0.2) is 5.38 Å². The monoisotopic (exact) mass is 292 g/mol. The van der Waals surface area contributed by atoms with Crippen molar-refractivity contribution >= 4 is 33.2 Å². The number of nitrogens with one attached hydrogen (secondary N) is 1. The zero-order chi connectivity index (χ0) is 11.3. The summed E-state index contributed by atoms with van der Waals surface area (Å²) in [7, 11) is 1.62. The Morgan fingerprint density at radius 3 is 3.07 bits per heavy atom. The number of aromatic nitrogens is 1. The van der Waals surface area contributed by atoms with Gasteiger partial charge >= 0.3 is 0 Å². The van der Waals surface area contributed by atoms with Crippen molar-refractivity contribution in [3.63, 3.8) is 0 Å². The van der Waals surface area contributed by atoms with E-state index in [0.29, 0.717) is 18.8 Å². The number of hydrogen-bond donors (Lipinski definition) is 1. The molecular weight excluding hydrogens is 280 g/mol. The van der Waals surface area contributed by atoms with Crippen LogP contribution >= 0.6 is 27.3 Å². The van der Waals surface area contributed by atoms with Gasteiger partial charge < -0.3 is 10.1 Å². The van der Waals surface area contributed by atoms with Crippen molar-refractivity contribution in [1.82, 2.24) is 10.3 Å². The van der Waals surface area contributed by atoms with Crippen molar-refractivity contribution in [2.24, 2.45) is 0 Å². The fourth-order valence-electron chi connectivity index (χ4n) is 1.00. The largest absolute Gasteiger partial charge is 0.383 e. The van der Waals surface area contributed by atoms with E-state index in [1.165, 1.54) is 11.3 Å². The molecular formula is C9H13BrN2O2S. The molecule has 0 fully saturated rings. The first kappa shape index (κ1) is 12.6. The summed E-state index contributed by atoms with van der Waals surface area (Å²) in [4.78, 5) is 15.8. The average molecular weight is 293 g/mol. The van der Waals surface area contributed by atoms with E-state index >= 15 is 0 Å². The highest BCUT2D eigenvalue weighted by Crippen LogP contribution is 2.07. The highest BCUT2D eigenvalue weighted by molar-refractivity contribution is 9.09. The maximum absolute atomic E-state index is 11.5. The molecule has 1 rings (SSSR count). The Hall–Kier alpha value is -0.460. The summed E-state index contributed by atoms with van der Waals surface area (Å²) in [6, 6.07) is 0. The second kappa shape index (κ2) is 6.19. The first-order chi connectivity index (χ1) is 7.13. The van der Waals surface area contributed by atoms with Gasteiger partial charge in [0.25, 0.3) is 5.91 Å². The van der Waals surface area contributed by atoms with Gasteiger partial charge in [-0.1, -0.05) is 15.9 Å². The molecule has 1 unspecified atom stereocenters. The number of halogens is 1. The van der Waals surface area contributed by atoms with E-state index in [1.54, 1.807) is 12.5 Å². The Kier molecular flexibility index (Phi) is 5.21. The van der Waals surface area contributed by atoms with Crippen LogP contribution in [0.25, 0.3) is 0 Å². The fraction of sp³-hybridized carbons (Fsp3) is 0.556. The minimum Gasteiger partial charge on any atom is -0.383 e. The summed E-state index contributed by atoms with van der Waals surface area (Å²) in [5.41, 5.74) is 0.481. The zero-order valence-corrected chi connectivity index (χ0v) is 11.0. The summed E-state index contributed by atoms with van der Waals surface area (Å²) in [5, 5.41) is 5.43. The van der Waals surface area contributed by atoms with Crippen LogP contribution in [-0.2, 0) is 4.74 Å². The van der Waals surface area contributed by atoms with E-state index in [9.17, 15) is 4.79 Å². The Bertz CT molecular complexity index is 330. The lowest BCUT2D eigenvalue weighted by atomic mass is 10.4. The smallest absolute Gasteiger partial charge is 0.270 e. The van der Waals surface area contributed by atoms with Crippen molar-refractivity contribution in [3.8, 4) is 0 Å². The molecule has 0 aliphatic rings. The third-order valence-electron chi connectivity index (χ3n) is 1.68. The molecule has 0 aromatic carbocycles. The maximum Gasteiger partial charge on any atom is 0.270 e. The average Bonchev–Trinajstić information content (AvgIpc) is 2.62. The van der Waals surface area contributed by atoms with Gasteiger partial charge in [0, 0.05) is 19.0 Å². The van der Waals surface area contributed by atoms with Crippen LogP contribution in [0.2, 0.25) is 0 Å². The number of carbonyl (C=O) groups is 1. The van der Waals surface area contributed by atoms with Gasteiger partial charge in [-0.2, -0.15) is 0 Å². The topological polar surface area (TPSA) is 51.2 Å². The molecule has 0 aliphatic heterocycles. The van der Waals surface area contributed by atoms with E-state index in [4.69, 9.17) is 4.74 Å². The minimum absolute atomic E-state index is 0.131. The third-order valence-corrected chi connectivity index (χ3v) is 3.04. The van der Waals surface area contributed by atoms with E-state index in [2.05, 4.69) is 26.2 Å². The molecule has 1 amide bonds. The molecule has 0 saturated heterocycles. The molecule has 4 nitrogen and oxygen atoms in total. The molecule has 15 heavy (non-hydrogen) atoms. The summed E-state index contributed by atoms with van der Waals surface area (Å²) in [6.07, 6.45) is 0. The van der Waals surface area contributed by atoms with Gasteiger partial charge in [-0.05, 0) is 6.92 Å². The number of amides is 1. The predicted molar refractivity (Wildman–Crippen MR) is 63.8 cm³/mol. The molecule has 0 spiro atoms. The first-order valence-electron chi connectivity index (χ1n) is 4.47. The van der Waals surface area contributed by atoms with Gasteiger partial charge in [-0.15, -0.1) is 11.3 Å². The lowest BCUT2D eigenvalue weighted by molar-refractivity contribution is 0.0945. The lowest BCUT2D eigenvalue weighted by Crippen LogP contribution is -2.31. The van der Waals surface area contributed by atoms with Crippen molar-refractivity contribution < 1.29 is 9.53 Å². The number of nitrogens with zero attached hydrogens (tertiary/aromatic N) is 1. The highest BCUT2D eigenvalue weighted by atomic mass is 79.9. The van der Waals surface area contributed by atoms with Gasteiger partial charge in [-0.3, -0.25) is 4.79 Å². The second-order valence-electron chi connectivity index (χ2n) is 3.01. The first-order valence-corrected chi connectivity index (χ1v) is 6.26. The van der Waals surface area contributed by atoms with Crippen LogP contribution in [0.5, 0.6) is 0 Å². The molecule has 1 heterocycles. The Balaban J connectivity index is 2.36. The number of ether oxygens (including phenoxy) is 1. The number of carbonyl (C=O) groups excluding carboxylic acids is 1.